The van der Waals surface area contributed by atoms with Crippen LogP contribution in [-0.4, -0.2) is 41.3 Å². The highest BCUT2D eigenvalue weighted by atomic mass is 16.3. The first kappa shape index (κ1) is 24.1. The first-order valence-electron chi connectivity index (χ1n) is 12.2. The maximum absolute atomic E-state index is 13.8. The van der Waals surface area contributed by atoms with Crippen LogP contribution in [0.4, 0.5) is 5.69 Å². The molecule has 6 heteroatoms. The van der Waals surface area contributed by atoms with Crippen molar-refractivity contribution in [1.29, 1.82) is 5.26 Å². The second-order valence-corrected chi connectivity index (χ2v) is 9.39. The van der Waals surface area contributed by atoms with E-state index < -0.39 is 17.4 Å². The van der Waals surface area contributed by atoms with Crippen LogP contribution in [0.5, 0.6) is 0 Å². The Bertz CT molecular complexity index is 1420. The summed E-state index contributed by atoms with van der Waals surface area (Å²) in [6.07, 6.45) is 2.82. The fourth-order valence-electron chi connectivity index (χ4n) is 5.57. The van der Waals surface area contributed by atoms with E-state index in [-0.39, 0.29) is 17.7 Å². The number of nitriles is 1. The molecule has 184 valence electrons. The molecular formula is C31H27N3O3. The maximum Gasteiger partial charge on any atom is 0.278 e. The van der Waals surface area contributed by atoms with Gasteiger partial charge in [-0.05, 0) is 65.4 Å². The van der Waals surface area contributed by atoms with Crippen LogP contribution < -0.4 is 4.90 Å². The van der Waals surface area contributed by atoms with Gasteiger partial charge in [0.25, 0.3) is 5.91 Å². The number of hydrogen-bond acceptors (Lipinski definition) is 5. The number of nitrogens with zero attached hydrogens (tertiary/aromatic N) is 3. The van der Waals surface area contributed by atoms with Gasteiger partial charge in [0.2, 0.25) is 5.78 Å². The molecule has 1 heterocycles. The molecule has 0 aromatic heterocycles. The Morgan fingerprint density at radius 1 is 1.00 bits per heavy atom. The molecule has 1 aliphatic heterocycles. The van der Waals surface area contributed by atoms with Gasteiger partial charge in [-0.25, -0.2) is 0 Å². The summed E-state index contributed by atoms with van der Waals surface area (Å²) in [4.78, 5) is 29.6. The van der Waals surface area contributed by atoms with Crippen molar-refractivity contribution in [2.24, 2.45) is 0 Å². The minimum Gasteiger partial charge on any atom is -0.503 e. The van der Waals surface area contributed by atoms with E-state index in [9.17, 15) is 20.0 Å². The van der Waals surface area contributed by atoms with Gasteiger partial charge in [0.05, 0.1) is 17.7 Å². The standard InChI is InChI=1S/C31H27N3O3/c1-3-27(35)30(36)29-31(37)34(23-16-12-20(18-32)13-17-23)19-26(33(29)2)28-24-10-6-4-8-21(24)14-15-22-9-5-7-11-25(22)28/h3-13,16-17,26,28,36H,1,14-15,19H2,2H3/b30-29+. The Morgan fingerprint density at radius 2 is 1.57 bits per heavy atom. The average molecular weight is 490 g/mol. The Balaban J connectivity index is 1.71. The molecule has 1 atom stereocenters. The summed E-state index contributed by atoms with van der Waals surface area (Å²) in [5.41, 5.74) is 5.85. The van der Waals surface area contributed by atoms with Crippen LogP contribution in [0.1, 0.15) is 33.7 Å². The number of allylic oxidation sites excluding steroid dienone is 1. The SMILES string of the molecule is C=CC(=O)/C(O)=C1/C(=O)N(c2ccc(C#N)cc2)CC(C2c3ccccc3CCc3ccccc32)N1C. The summed E-state index contributed by atoms with van der Waals surface area (Å²) < 4.78 is 0. The van der Waals surface area contributed by atoms with Crippen molar-refractivity contribution in [1.82, 2.24) is 4.90 Å². The predicted octanol–water partition coefficient (Wildman–Crippen LogP) is 4.66. The van der Waals surface area contributed by atoms with Gasteiger partial charge in [0.15, 0.2) is 5.76 Å². The van der Waals surface area contributed by atoms with Crippen molar-refractivity contribution in [2.45, 2.75) is 24.8 Å². The molecule has 0 radical (unpaired) electrons. The van der Waals surface area contributed by atoms with Crippen molar-refractivity contribution in [3.05, 3.63) is 125 Å². The number of aliphatic hydroxyl groups excluding tert-OH is 1. The Morgan fingerprint density at radius 3 is 2.11 bits per heavy atom. The third-order valence-electron chi connectivity index (χ3n) is 7.45. The topological polar surface area (TPSA) is 84.6 Å². The normalized spacial score (nSPS) is 18.8. The summed E-state index contributed by atoms with van der Waals surface area (Å²) >= 11 is 0. The van der Waals surface area contributed by atoms with Crippen molar-refractivity contribution >= 4 is 17.4 Å². The highest BCUT2D eigenvalue weighted by Gasteiger charge is 2.43. The van der Waals surface area contributed by atoms with Gasteiger partial charge in [0, 0.05) is 25.2 Å². The number of aliphatic hydroxyl groups is 1. The molecule has 1 fully saturated rings. The summed E-state index contributed by atoms with van der Waals surface area (Å²) in [6, 6.07) is 25.3. The lowest BCUT2D eigenvalue weighted by Crippen LogP contribution is -2.56. The van der Waals surface area contributed by atoms with E-state index in [1.165, 1.54) is 22.3 Å². The minimum absolute atomic E-state index is 0.0651. The fraction of sp³-hybridized carbons (Fsp3) is 0.194. The highest BCUT2D eigenvalue weighted by Crippen LogP contribution is 2.41. The zero-order valence-electron chi connectivity index (χ0n) is 20.6. The average Bonchev–Trinajstić information content (AvgIpc) is 3.10. The molecule has 1 saturated heterocycles. The zero-order chi connectivity index (χ0) is 26.1. The first-order valence-corrected chi connectivity index (χ1v) is 12.2. The van der Waals surface area contributed by atoms with Crippen LogP contribution in [0.3, 0.4) is 0 Å². The number of amides is 1. The molecule has 0 spiro atoms. The van der Waals surface area contributed by atoms with Gasteiger partial charge in [-0.1, -0.05) is 55.1 Å². The molecule has 1 amide bonds. The van der Waals surface area contributed by atoms with Crippen molar-refractivity contribution in [2.75, 3.05) is 18.5 Å². The zero-order valence-corrected chi connectivity index (χ0v) is 20.6. The molecule has 0 bridgehead atoms. The van der Waals surface area contributed by atoms with Gasteiger partial charge < -0.3 is 14.9 Å². The van der Waals surface area contributed by atoms with Gasteiger partial charge in [-0.3, -0.25) is 9.59 Å². The lowest BCUT2D eigenvalue weighted by atomic mass is 9.80. The number of fused-ring (bicyclic) bond motifs is 2. The molecule has 1 N–H and O–H groups in total. The Kier molecular flexibility index (Phi) is 6.37. The number of aryl methyl sites for hydroxylation is 2. The maximum atomic E-state index is 13.8. The summed E-state index contributed by atoms with van der Waals surface area (Å²) in [7, 11) is 1.76. The second-order valence-electron chi connectivity index (χ2n) is 9.39. The molecule has 3 aromatic rings. The monoisotopic (exact) mass is 489 g/mol. The minimum atomic E-state index is -0.711. The van der Waals surface area contributed by atoms with Gasteiger partial charge >= 0.3 is 0 Å². The number of likely N-dealkylation sites (N-methyl/N-ethyl adjacent to an activating group) is 1. The van der Waals surface area contributed by atoms with Crippen LogP contribution in [0.2, 0.25) is 0 Å². The van der Waals surface area contributed by atoms with Crippen LogP contribution in [0.25, 0.3) is 0 Å². The number of carbonyl (C=O) groups excluding carboxylic acids is 2. The smallest absolute Gasteiger partial charge is 0.278 e. The number of carbonyl (C=O) groups is 2. The molecule has 1 aliphatic carbocycles. The first-order chi connectivity index (χ1) is 17.9. The molecular weight excluding hydrogens is 462 g/mol. The van der Waals surface area contributed by atoms with Crippen molar-refractivity contribution < 1.29 is 14.7 Å². The summed E-state index contributed by atoms with van der Waals surface area (Å²) in [5.74, 6) is -1.93. The lowest BCUT2D eigenvalue weighted by Gasteiger charge is -2.45. The summed E-state index contributed by atoms with van der Waals surface area (Å²) in [5, 5.41) is 20.1. The van der Waals surface area contributed by atoms with E-state index in [0.717, 1.165) is 18.9 Å². The van der Waals surface area contributed by atoms with Crippen LogP contribution in [0.15, 0.2) is 96.9 Å². The van der Waals surface area contributed by atoms with Crippen LogP contribution in [-0.2, 0) is 22.4 Å². The molecule has 0 saturated carbocycles. The molecule has 1 unspecified atom stereocenters. The van der Waals surface area contributed by atoms with Crippen LogP contribution >= 0.6 is 0 Å². The number of hydrogen-bond donors (Lipinski definition) is 1. The third kappa shape index (κ3) is 4.19. The van der Waals surface area contributed by atoms with Gasteiger partial charge in [-0.15, -0.1) is 0 Å². The van der Waals surface area contributed by atoms with E-state index in [0.29, 0.717) is 17.8 Å². The van der Waals surface area contributed by atoms with E-state index in [2.05, 4.69) is 36.9 Å². The Hall–Kier alpha value is -4.63. The lowest BCUT2D eigenvalue weighted by molar-refractivity contribution is -0.120. The number of benzene rings is 3. The number of ketones is 1. The number of anilines is 1. The number of rotatable bonds is 4. The van der Waals surface area contributed by atoms with Crippen molar-refractivity contribution in [3.63, 3.8) is 0 Å². The largest absolute Gasteiger partial charge is 0.503 e. The number of piperazine rings is 1. The highest BCUT2D eigenvalue weighted by molar-refractivity contribution is 6.13. The summed E-state index contributed by atoms with van der Waals surface area (Å²) in [6.45, 7) is 3.81. The third-order valence-corrected chi connectivity index (χ3v) is 7.45. The quantitative estimate of drug-likeness (QED) is 0.426. The van der Waals surface area contributed by atoms with Gasteiger partial charge in [0.1, 0.15) is 5.70 Å². The van der Waals surface area contributed by atoms with E-state index >= 15 is 0 Å². The molecule has 37 heavy (non-hydrogen) atoms. The van der Waals surface area contributed by atoms with Crippen molar-refractivity contribution in [3.8, 4) is 6.07 Å². The van der Waals surface area contributed by atoms with Gasteiger partial charge in [-0.2, -0.15) is 5.26 Å². The predicted molar refractivity (Wildman–Crippen MR) is 142 cm³/mol. The Labute approximate surface area is 216 Å². The molecule has 5 rings (SSSR count). The fourth-order valence-corrected chi connectivity index (χ4v) is 5.57. The van der Waals surface area contributed by atoms with E-state index in [4.69, 9.17) is 0 Å². The molecule has 3 aromatic carbocycles. The van der Waals surface area contributed by atoms with E-state index in [1.807, 2.05) is 24.3 Å². The molecule has 6 nitrogen and oxygen atoms in total. The van der Waals surface area contributed by atoms with Crippen LogP contribution in [0, 0.1) is 11.3 Å². The second kappa shape index (κ2) is 9.79. The molecule has 2 aliphatic rings. The van der Waals surface area contributed by atoms with E-state index in [1.54, 1.807) is 41.1 Å².